The van der Waals surface area contributed by atoms with E-state index in [9.17, 15) is 9.59 Å². The Balaban J connectivity index is 1.53. The summed E-state index contributed by atoms with van der Waals surface area (Å²) in [6, 6.07) is 20.3. The second kappa shape index (κ2) is 8.62. The fourth-order valence-electron chi connectivity index (χ4n) is 2.59. The van der Waals surface area contributed by atoms with E-state index in [0.29, 0.717) is 5.56 Å². The van der Waals surface area contributed by atoms with Crippen molar-refractivity contribution in [2.24, 2.45) is 5.10 Å². The SMILES string of the molecule is COc1ccc(/C=N/NC(=O)CNC(=O)c2cccc3ccccc23)cc1. The van der Waals surface area contributed by atoms with Crippen LogP contribution in [-0.2, 0) is 4.79 Å². The van der Waals surface area contributed by atoms with Crippen molar-refractivity contribution in [3.05, 3.63) is 77.9 Å². The highest BCUT2D eigenvalue weighted by atomic mass is 16.5. The normalized spacial score (nSPS) is 10.7. The molecule has 0 heterocycles. The summed E-state index contributed by atoms with van der Waals surface area (Å²) in [7, 11) is 1.59. The van der Waals surface area contributed by atoms with Crippen LogP contribution >= 0.6 is 0 Å². The summed E-state index contributed by atoms with van der Waals surface area (Å²) in [5, 5.41) is 8.31. The summed E-state index contributed by atoms with van der Waals surface area (Å²) in [5.74, 6) is 0.0294. The Kier molecular flexibility index (Phi) is 5.79. The molecule has 3 aromatic carbocycles. The standard InChI is InChI=1S/C21H19N3O3/c1-27-17-11-9-15(10-12-17)13-23-24-20(25)14-22-21(26)19-8-4-6-16-5-2-3-7-18(16)19/h2-13H,14H2,1H3,(H,22,26)(H,24,25)/b23-13+. The summed E-state index contributed by atoms with van der Waals surface area (Å²) in [4.78, 5) is 24.3. The number of nitrogens with zero attached hydrogens (tertiary/aromatic N) is 1. The Morgan fingerprint density at radius 2 is 1.74 bits per heavy atom. The van der Waals surface area contributed by atoms with Crippen LogP contribution < -0.4 is 15.5 Å². The van der Waals surface area contributed by atoms with Gasteiger partial charge in [0.05, 0.1) is 19.9 Å². The lowest BCUT2D eigenvalue weighted by Gasteiger charge is -2.07. The van der Waals surface area contributed by atoms with E-state index in [-0.39, 0.29) is 12.5 Å². The first-order chi connectivity index (χ1) is 13.2. The molecular formula is C21H19N3O3. The molecule has 0 saturated heterocycles. The fourth-order valence-corrected chi connectivity index (χ4v) is 2.59. The number of hydrazone groups is 1. The van der Waals surface area contributed by atoms with Gasteiger partial charge in [0.1, 0.15) is 5.75 Å². The number of benzene rings is 3. The summed E-state index contributed by atoms with van der Waals surface area (Å²) in [6.07, 6.45) is 1.52. The maximum Gasteiger partial charge on any atom is 0.259 e. The molecule has 0 aromatic heterocycles. The molecule has 136 valence electrons. The van der Waals surface area contributed by atoms with Gasteiger partial charge in [0.2, 0.25) is 0 Å². The zero-order valence-corrected chi connectivity index (χ0v) is 14.8. The van der Waals surface area contributed by atoms with E-state index in [1.54, 1.807) is 25.3 Å². The largest absolute Gasteiger partial charge is 0.497 e. The van der Waals surface area contributed by atoms with Crippen molar-refractivity contribution in [3.63, 3.8) is 0 Å². The summed E-state index contributed by atoms with van der Waals surface area (Å²) < 4.78 is 5.08. The molecule has 27 heavy (non-hydrogen) atoms. The van der Waals surface area contributed by atoms with E-state index >= 15 is 0 Å². The predicted octanol–water partition coefficient (Wildman–Crippen LogP) is 2.73. The van der Waals surface area contributed by atoms with Crippen LogP contribution in [0.1, 0.15) is 15.9 Å². The Labute approximate surface area is 156 Å². The first-order valence-electron chi connectivity index (χ1n) is 8.39. The van der Waals surface area contributed by atoms with Crippen molar-refractivity contribution >= 4 is 28.8 Å². The number of fused-ring (bicyclic) bond motifs is 1. The van der Waals surface area contributed by atoms with Crippen molar-refractivity contribution in [1.29, 1.82) is 0 Å². The average Bonchev–Trinajstić information content (AvgIpc) is 2.72. The van der Waals surface area contributed by atoms with E-state index in [4.69, 9.17) is 4.74 Å². The van der Waals surface area contributed by atoms with Crippen LogP contribution in [0.5, 0.6) is 5.75 Å². The minimum atomic E-state index is -0.409. The van der Waals surface area contributed by atoms with Crippen molar-refractivity contribution < 1.29 is 14.3 Å². The van der Waals surface area contributed by atoms with E-state index in [1.165, 1.54) is 6.21 Å². The average molecular weight is 361 g/mol. The van der Waals surface area contributed by atoms with Crippen LogP contribution in [0, 0.1) is 0 Å². The highest BCUT2D eigenvalue weighted by Gasteiger charge is 2.10. The molecule has 6 nitrogen and oxygen atoms in total. The number of hydrogen-bond donors (Lipinski definition) is 2. The molecule has 2 N–H and O–H groups in total. The third-order valence-corrected chi connectivity index (χ3v) is 3.96. The van der Waals surface area contributed by atoms with Crippen LogP contribution in [0.25, 0.3) is 10.8 Å². The highest BCUT2D eigenvalue weighted by molar-refractivity contribution is 6.07. The van der Waals surface area contributed by atoms with E-state index in [0.717, 1.165) is 22.1 Å². The van der Waals surface area contributed by atoms with Crippen LogP contribution in [0.2, 0.25) is 0 Å². The Morgan fingerprint density at radius 1 is 1.00 bits per heavy atom. The molecule has 0 aliphatic heterocycles. The number of rotatable bonds is 6. The molecule has 0 fully saturated rings. The summed E-state index contributed by atoms with van der Waals surface area (Å²) >= 11 is 0. The van der Waals surface area contributed by atoms with Gasteiger partial charge in [-0.05, 0) is 46.7 Å². The smallest absolute Gasteiger partial charge is 0.259 e. The van der Waals surface area contributed by atoms with Gasteiger partial charge in [-0.2, -0.15) is 5.10 Å². The van der Waals surface area contributed by atoms with Gasteiger partial charge in [0.15, 0.2) is 0 Å². The number of ether oxygens (including phenoxy) is 1. The lowest BCUT2D eigenvalue weighted by molar-refractivity contribution is -0.120. The second-order valence-corrected chi connectivity index (χ2v) is 5.78. The molecule has 0 spiro atoms. The number of carbonyl (C=O) groups is 2. The zero-order valence-electron chi connectivity index (χ0n) is 14.8. The number of methoxy groups -OCH3 is 1. The van der Waals surface area contributed by atoms with Crippen LogP contribution in [0.4, 0.5) is 0 Å². The number of amides is 2. The molecule has 0 unspecified atom stereocenters. The molecule has 6 heteroatoms. The van der Waals surface area contributed by atoms with Gasteiger partial charge in [-0.25, -0.2) is 5.43 Å². The molecule has 0 saturated carbocycles. The maximum atomic E-state index is 12.4. The Hall–Kier alpha value is -3.67. The molecule has 3 aromatic rings. The van der Waals surface area contributed by atoms with Gasteiger partial charge in [-0.1, -0.05) is 36.4 Å². The molecule has 0 aliphatic rings. The third kappa shape index (κ3) is 4.70. The van der Waals surface area contributed by atoms with E-state index < -0.39 is 5.91 Å². The first kappa shape index (κ1) is 18.1. The minimum absolute atomic E-state index is 0.165. The van der Waals surface area contributed by atoms with Crippen LogP contribution in [0.15, 0.2) is 71.8 Å². The van der Waals surface area contributed by atoms with E-state index in [1.807, 2.05) is 48.5 Å². The second-order valence-electron chi connectivity index (χ2n) is 5.78. The van der Waals surface area contributed by atoms with Crippen molar-refractivity contribution in [2.45, 2.75) is 0 Å². The molecule has 0 radical (unpaired) electrons. The van der Waals surface area contributed by atoms with Gasteiger partial charge in [0, 0.05) is 5.56 Å². The number of carbonyl (C=O) groups excluding carboxylic acids is 2. The van der Waals surface area contributed by atoms with Gasteiger partial charge in [-0.3, -0.25) is 9.59 Å². The molecule has 0 bridgehead atoms. The molecule has 0 atom stereocenters. The highest BCUT2D eigenvalue weighted by Crippen LogP contribution is 2.18. The van der Waals surface area contributed by atoms with Gasteiger partial charge >= 0.3 is 0 Å². The van der Waals surface area contributed by atoms with E-state index in [2.05, 4.69) is 15.8 Å². The van der Waals surface area contributed by atoms with Crippen LogP contribution in [-0.4, -0.2) is 31.7 Å². The third-order valence-electron chi connectivity index (χ3n) is 3.96. The van der Waals surface area contributed by atoms with Gasteiger partial charge < -0.3 is 10.1 Å². The summed E-state index contributed by atoms with van der Waals surface area (Å²) in [6.45, 7) is -0.165. The lowest BCUT2D eigenvalue weighted by Crippen LogP contribution is -2.35. The molecule has 3 rings (SSSR count). The van der Waals surface area contributed by atoms with Crippen molar-refractivity contribution in [2.75, 3.05) is 13.7 Å². The zero-order chi connectivity index (χ0) is 19.1. The quantitative estimate of drug-likeness (QED) is 0.523. The predicted molar refractivity (Wildman–Crippen MR) is 105 cm³/mol. The Bertz CT molecular complexity index is 976. The van der Waals surface area contributed by atoms with Crippen molar-refractivity contribution in [3.8, 4) is 5.75 Å². The maximum absolute atomic E-state index is 12.4. The fraction of sp³-hybridized carbons (Fsp3) is 0.0952. The monoisotopic (exact) mass is 361 g/mol. The number of hydrogen-bond acceptors (Lipinski definition) is 4. The summed E-state index contributed by atoms with van der Waals surface area (Å²) in [5.41, 5.74) is 3.73. The molecule has 2 amide bonds. The first-order valence-corrected chi connectivity index (χ1v) is 8.39. The van der Waals surface area contributed by atoms with Gasteiger partial charge in [-0.15, -0.1) is 0 Å². The Morgan fingerprint density at radius 3 is 2.52 bits per heavy atom. The van der Waals surface area contributed by atoms with Gasteiger partial charge in [0.25, 0.3) is 11.8 Å². The van der Waals surface area contributed by atoms with Crippen LogP contribution in [0.3, 0.4) is 0 Å². The minimum Gasteiger partial charge on any atom is -0.497 e. The molecular weight excluding hydrogens is 342 g/mol. The topological polar surface area (TPSA) is 79.8 Å². The van der Waals surface area contributed by atoms with Crippen molar-refractivity contribution in [1.82, 2.24) is 10.7 Å². The number of nitrogens with one attached hydrogen (secondary N) is 2. The molecule has 0 aliphatic carbocycles. The lowest BCUT2D eigenvalue weighted by atomic mass is 10.0.